The van der Waals surface area contributed by atoms with E-state index >= 15 is 0 Å². The van der Waals surface area contributed by atoms with Crippen LogP contribution in [0.1, 0.15) is 64.1 Å². The molecule has 1 aromatic carbocycles. The van der Waals surface area contributed by atoms with E-state index in [0.29, 0.717) is 17.9 Å². The number of hydrogen-bond donors (Lipinski definition) is 0. The molecule has 2 unspecified atom stereocenters. The van der Waals surface area contributed by atoms with Gasteiger partial charge in [-0.25, -0.2) is 0 Å². The molecule has 0 aliphatic rings. The Morgan fingerprint density at radius 3 is 1.90 bits per heavy atom. The molecule has 0 aliphatic carbocycles. The molecule has 0 aliphatic heterocycles. The fourth-order valence-corrected chi connectivity index (χ4v) is 2.80. The summed E-state index contributed by atoms with van der Waals surface area (Å²) >= 11 is 0. The smallest absolute Gasteiger partial charge is 0.111 e. The minimum Gasteiger partial charge on any atom is -0.325 e. The van der Waals surface area contributed by atoms with Crippen molar-refractivity contribution in [3.63, 3.8) is 0 Å². The highest BCUT2D eigenvalue weighted by Gasteiger charge is 2.23. The van der Waals surface area contributed by atoms with Crippen LogP contribution in [-0.4, -0.2) is 25.6 Å². The molecule has 0 saturated heterocycles. The van der Waals surface area contributed by atoms with Crippen LogP contribution in [0.5, 0.6) is 0 Å². The molecular formula is C19H34N+. The van der Waals surface area contributed by atoms with Crippen molar-refractivity contribution in [1.29, 1.82) is 0 Å². The average molecular weight is 276 g/mol. The lowest BCUT2D eigenvalue weighted by Crippen LogP contribution is -2.37. The zero-order chi connectivity index (χ0) is 15.5. The van der Waals surface area contributed by atoms with Crippen LogP contribution in [0.4, 0.5) is 0 Å². The monoisotopic (exact) mass is 276 g/mol. The van der Waals surface area contributed by atoms with Gasteiger partial charge in [0, 0.05) is 5.56 Å². The molecule has 0 saturated carbocycles. The number of quaternary nitrogens is 1. The van der Waals surface area contributed by atoms with Crippen LogP contribution in [0.15, 0.2) is 24.3 Å². The number of benzene rings is 1. The molecule has 1 nitrogen and oxygen atoms in total. The van der Waals surface area contributed by atoms with Gasteiger partial charge in [-0.3, -0.25) is 0 Å². The second kappa shape index (κ2) is 6.76. The Hall–Kier alpha value is -0.820. The Bertz CT molecular complexity index is 412. The first-order chi connectivity index (χ1) is 9.12. The quantitative estimate of drug-likeness (QED) is 0.623. The van der Waals surface area contributed by atoms with E-state index in [4.69, 9.17) is 0 Å². The summed E-state index contributed by atoms with van der Waals surface area (Å²) in [6.45, 7) is 11.7. The van der Waals surface area contributed by atoms with Gasteiger partial charge in [-0.05, 0) is 42.7 Å². The Morgan fingerprint density at radius 2 is 1.45 bits per heavy atom. The number of nitrogens with zero attached hydrogens (tertiary/aromatic N) is 1. The molecule has 0 amide bonds. The van der Waals surface area contributed by atoms with Crippen LogP contribution in [0, 0.1) is 11.8 Å². The lowest BCUT2D eigenvalue weighted by atomic mass is 9.81. The maximum atomic E-state index is 2.45. The molecule has 1 aromatic rings. The summed E-state index contributed by atoms with van der Waals surface area (Å²) in [5.74, 6) is 2.13. The zero-order valence-electron chi connectivity index (χ0n) is 14.8. The third-order valence-electron chi connectivity index (χ3n) is 4.51. The van der Waals surface area contributed by atoms with Crippen molar-refractivity contribution in [3.05, 3.63) is 35.4 Å². The fourth-order valence-electron chi connectivity index (χ4n) is 2.80. The molecule has 0 fully saturated rings. The van der Waals surface area contributed by atoms with E-state index in [-0.39, 0.29) is 0 Å². The van der Waals surface area contributed by atoms with Crippen molar-refractivity contribution < 1.29 is 4.48 Å². The first-order valence-electron chi connectivity index (χ1n) is 8.04. The van der Waals surface area contributed by atoms with Crippen LogP contribution in [0.25, 0.3) is 0 Å². The van der Waals surface area contributed by atoms with Gasteiger partial charge in [-0.15, -0.1) is 0 Å². The molecule has 1 heteroatoms. The SMILES string of the molecule is CC(C)CC(c1cccc(C(C)[N+](C)(C)C)c1)C(C)C. The molecule has 1 rings (SSSR count). The lowest BCUT2D eigenvalue weighted by Gasteiger charge is -2.32. The highest BCUT2D eigenvalue weighted by atomic mass is 15.3. The van der Waals surface area contributed by atoms with Gasteiger partial charge in [0.25, 0.3) is 0 Å². The average Bonchev–Trinajstić information content (AvgIpc) is 2.33. The van der Waals surface area contributed by atoms with E-state index < -0.39 is 0 Å². The van der Waals surface area contributed by atoms with Crippen molar-refractivity contribution >= 4 is 0 Å². The van der Waals surface area contributed by atoms with Gasteiger partial charge in [-0.2, -0.15) is 0 Å². The Labute approximate surface area is 126 Å². The van der Waals surface area contributed by atoms with E-state index in [9.17, 15) is 0 Å². The minimum atomic E-state index is 0.529. The number of rotatable bonds is 6. The molecule has 0 bridgehead atoms. The van der Waals surface area contributed by atoms with Gasteiger partial charge in [0.15, 0.2) is 0 Å². The first-order valence-corrected chi connectivity index (χ1v) is 8.04. The molecule has 0 heterocycles. The van der Waals surface area contributed by atoms with Gasteiger partial charge in [0.2, 0.25) is 0 Å². The van der Waals surface area contributed by atoms with Crippen LogP contribution in [-0.2, 0) is 0 Å². The van der Waals surface area contributed by atoms with Gasteiger partial charge >= 0.3 is 0 Å². The molecule has 114 valence electrons. The zero-order valence-corrected chi connectivity index (χ0v) is 14.8. The minimum absolute atomic E-state index is 0.529. The summed E-state index contributed by atoms with van der Waals surface area (Å²) in [5.41, 5.74) is 2.98. The van der Waals surface area contributed by atoms with Gasteiger partial charge in [0.05, 0.1) is 21.1 Å². The third-order valence-corrected chi connectivity index (χ3v) is 4.51. The van der Waals surface area contributed by atoms with E-state index in [1.165, 1.54) is 17.5 Å². The summed E-state index contributed by atoms with van der Waals surface area (Å²) < 4.78 is 0.972. The van der Waals surface area contributed by atoms with E-state index in [1.54, 1.807) is 0 Å². The lowest BCUT2D eigenvalue weighted by molar-refractivity contribution is -0.900. The standard InChI is InChI=1S/C19H34N/c1-14(2)12-19(15(3)4)18-11-9-10-17(13-18)16(5)20(6,7)8/h9-11,13-16,19H,12H2,1-8H3/q+1. The Morgan fingerprint density at radius 1 is 0.900 bits per heavy atom. The second-order valence-corrected chi connectivity index (χ2v) is 7.94. The maximum absolute atomic E-state index is 2.45. The number of hydrogen-bond acceptors (Lipinski definition) is 0. The Balaban J connectivity index is 3.07. The van der Waals surface area contributed by atoms with Crippen molar-refractivity contribution in [2.24, 2.45) is 11.8 Å². The van der Waals surface area contributed by atoms with Crippen molar-refractivity contribution in [2.45, 2.75) is 53.0 Å². The van der Waals surface area contributed by atoms with Crippen molar-refractivity contribution in [3.8, 4) is 0 Å². The summed E-state index contributed by atoms with van der Waals surface area (Å²) in [7, 11) is 6.81. The summed E-state index contributed by atoms with van der Waals surface area (Å²) in [5, 5.41) is 0. The fraction of sp³-hybridized carbons (Fsp3) is 0.684. The van der Waals surface area contributed by atoms with Gasteiger partial charge in [0.1, 0.15) is 6.04 Å². The molecule has 0 N–H and O–H groups in total. The molecule has 0 radical (unpaired) electrons. The molecule has 0 aromatic heterocycles. The van der Waals surface area contributed by atoms with Gasteiger partial charge in [-0.1, -0.05) is 45.9 Å². The van der Waals surface area contributed by atoms with E-state index in [0.717, 1.165) is 10.4 Å². The van der Waals surface area contributed by atoms with E-state index in [2.05, 4.69) is 80.0 Å². The van der Waals surface area contributed by atoms with E-state index in [1.807, 2.05) is 0 Å². The molecular weight excluding hydrogens is 242 g/mol. The molecule has 2 atom stereocenters. The summed E-state index contributed by atoms with van der Waals surface area (Å²) in [4.78, 5) is 0. The summed E-state index contributed by atoms with van der Waals surface area (Å²) in [6, 6.07) is 9.82. The van der Waals surface area contributed by atoms with Crippen LogP contribution < -0.4 is 0 Å². The highest BCUT2D eigenvalue weighted by molar-refractivity contribution is 5.28. The predicted molar refractivity (Wildman–Crippen MR) is 89.9 cm³/mol. The van der Waals surface area contributed by atoms with Crippen molar-refractivity contribution in [1.82, 2.24) is 0 Å². The van der Waals surface area contributed by atoms with Crippen LogP contribution in [0.3, 0.4) is 0 Å². The van der Waals surface area contributed by atoms with Crippen LogP contribution in [0.2, 0.25) is 0 Å². The molecule has 20 heavy (non-hydrogen) atoms. The Kier molecular flexibility index (Phi) is 5.82. The van der Waals surface area contributed by atoms with Gasteiger partial charge < -0.3 is 4.48 Å². The topological polar surface area (TPSA) is 0 Å². The highest BCUT2D eigenvalue weighted by Crippen LogP contribution is 2.33. The predicted octanol–water partition coefficient (Wildman–Crippen LogP) is 5.24. The normalized spacial score (nSPS) is 15.7. The first kappa shape index (κ1) is 17.2. The largest absolute Gasteiger partial charge is 0.325 e. The van der Waals surface area contributed by atoms with Crippen LogP contribution >= 0.6 is 0 Å². The maximum Gasteiger partial charge on any atom is 0.111 e. The third kappa shape index (κ3) is 4.63. The second-order valence-electron chi connectivity index (χ2n) is 7.94. The van der Waals surface area contributed by atoms with Crippen molar-refractivity contribution in [2.75, 3.05) is 21.1 Å². The molecule has 0 spiro atoms. The summed E-state index contributed by atoms with van der Waals surface area (Å²) in [6.07, 6.45) is 1.28.